The summed E-state index contributed by atoms with van der Waals surface area (Å²) in [6, 6.07) is 11.8. The van der Waals surface area contributed by atoms with Gasteiger partial charge in [-0.3, -0.25) is 15.7 Å². The molecule has 1 aromatic heterocycles. The van der Waals surface area contributed by atoms with Crippen molar-refractivity contribution in [1.82, 2.24) is 14.8 Å². The van der Waals surface area contributed by atoms with Crippen LogP contribution in [0.1, 0.15) is 24.2 Å². The van der Waals surface area contributed by atoms with Crippen LogP contribution in [0.2, 0.25) is 0 Å². The molecule has 0 spiro atoms. The Labute approximate surface area is 180 Å². The second-order valence-electron chi connectivity index (χ2n) is 7.34. The summed E-state index contributed by atoms with van der Waals surface area (Å²) >= 11 is 0. The third-order valence-electron chi connectivity index (χ3n) is 5.22. The molecule has 1 atom stereocenters. The molecule has 2 aliphatic heterocycles. The van der Waals surface area contributed by atoms with Gasteiger partial charge in [0.05, 0.1) is 13.2 Å². The number of aromatic nitrogens is 1. The Morgan fingerprint density at radius 3 is 2.81 bits per heavy atom. The maximum Gasteiger partial charge on any atom is 0.373 e. The summed E-state index contributed by atoms with van der Waals surface area (Å²) in [7, 11) is 0. The Bertz CT molecular complexity index is 978. The molecule has 3 heterocycles. The van der Waals surface area contributed by atoms with Gasteiger partial charge in [0.2, 0.25) is 5.84 Å². The van der Waals surface area contributed by atoms with E-state index in [0.29, 0.717) is 44.4 Å². The monoisotopic (exact) mass is 423 g/mol. The third kappa shape index (κ3) is 4.66. The molecule has 9 heteroatoms. The summed E-state index contributed by atoms with van der Waals surface area (Å²) < 4.78 is 16.6. The topological polar surface area (TPSA) is 112 Å². The maximum absolute atomic E-state index is 11.8. The average molecular weight is 423 g/mol. The lowest BCUT2D eigenvalue weighted by Crippen LogP contribution is -2.53. The van der Waals surface area contributed by atoms with E-state index < -0.39 is 5.97 Å². The molecule has 1 unspecified atom stereocenters. The molecule has 1 fully saturated rings. The average Bonchev–Trinajstić information content (AvgIpc) is 2.79. The lowest BCUT2D eigenvalue weighted by Gasteiger charge is -2.35. The molecule has 0 radical (unpaired) electrons. The molecule has 2 N–H and O–H groups in total. The van der Waals surface area contributed by atoms with E-state index in [9.17, 15) is 4.79 Å². The molecule has 1 aromatic carbocycles. The zero-order chi connectivity index (χ0) is 21.8. The highest BCUT2D eigenvalue weighted by Gasteiger charge is 2.28. The van der Waals surface area contributed by atoms with Crippen LogP contribution in [0.4, 0.5) is 0 Å². The largest absolute Gasteiger partial charge is 0.484 e. The summed E-state index contributed by atoms with van der Waals surface area (Å²) in [4.78, 5) is 19.5. The summed E-state index contributed by atoms with van der Waals surface area (Å²) in [5, 5.41) is 16.2. The van der Waals surface area contributed by atoms with Crippen LogP contribution in [0.5, 0.6) is 11.6 Å². The molecule has 9 nitrogen and oxygen atoms in total. The highest BCUT2D eigenvalue weighted by atomic mass is 16.6. The van der Waals surface area contributed by atoms with Gasteiger partial charge in [-0.05, 0) is 30.2 Å². The minimum atomic E-state index is -0.692. The smallest absolute Gasteiger partial charge is 0.373 e. The van der Waals surface area contributed by atoms with Crippen LogP contribution in [-0.4, -0.2) is 65.3 Å². The number of ether oxygens (including phenoxy) is 3. The van der Waals surface area contributed by atoms with E-state index in [1.54, 1.807) is 13.1 Å². The van der Waals surface area contributed by atoms with Crippen molar-refractivity contribution in [2.75, 3.05) is 32.8 Å². The van der Waals surface area contributed by atoms with Crippen molar-refractivity contribution in [2.24, 2.45) is 0 Å². The van der Waals surface area contributed by atoms with Crippen molar-refractivity contribution in [3.05, 3.63) is 53.7 Å². The van der Waals surface area contributed by atoms with Gasteiger partial charge in [0.15, 0.2) is 11.9 Å². The minimum Gasteiger partial charge on any atom is -0.484 e. The number of nitrogens with one attached hydrogen (secondary N) is 2. The SMILES string of the molecule is CCOC(=O)C(=N)N1CCN(Cc2ccc(C3COc4cccnc4O3)cc2)CC1=N. The first-order valence-electron chi connectivity index (χ1n) is 10.2. The van der Waals surface area contributed by atoms with Crippen LogP contribution in [0.25, 0.3) is 0 Å². The Morgan fingerprint density at radius 1 is 1.26 bits per heavy atom. The number of hydrogen-bond acceptors (Lipinski definition) is 8. The quantitative estimate of drug-likeness (QED) is 0.441. The molecule has 31 heavy (non-hydrogen) atoms. The van der Waals surface area contributed by atoms with Crippen molar-refractivity contribution in [1.29, 1.82) is 10.8 Å². The molecule has 0 aliphatic carbocycles. The van der Waals surface area contributed by atoms with Gasteiger partial charge in [-0.1, -0.05) is 24.3 Å². The number of nitrogens with zero attached hydrogens (tertiary/aromatic N) is 3. The fraction of sp³-hybridized carbons (Fsp3) is 0.364. The van der Waals surface area contributed by atoms with Crippen molar-refractivity contribution < 1.29 is 19.0 Å². The molecule has 2 aromatic rings. The van der Waals surface area contributed by atoms with Crippen LogP contribution in [0.15, 0.2) is 42.6 Å². The van der Waals surface area contributed by atoms with Crippen molar-refractivity contribution in [3.8, 4) is 11.6 Å². The Hall–Kier alpha value is -3.46. The van der Waals surface area contributed by atoms with Crippen LogP contribution in [0.3, 0.4) is 0 Å². The second-order valence-corrected chi connectivity index (χ2v) is 7.34. The van der Waals surface area contributed by atoms with Crippen LogP contribution in [-0.2, 0) is 16.1 Å². The summed E-state index contributed by atoms with van der Waals surface area (Å²) in [5.41, 5.74) is 2.13. The van der Waals surface area contributed by atoms with Crippen molar-refractivity contribution in [2.45, 2.75) is 19.6 Å². The first kappa shape index (κ1) is 20.8. The van der Waals surface area contributed by atoms with Gasteiger partial charge in [0.1, 0.15) is 12.4 Å². The summed E-state index contributed by atoms with van der Waals surface area (Å²) in [6.45, 7) is 4.45. The number of piperazine rings is 1. The van der Waals surface area contributed by atoms with Gasteiger partial charge < -0.3 is 19.1 Å². The van der Waals surface area contributed by atoms with Crippen LogP contribution in [0, 0.1) is 10.8 Å². The number of benzene rings is 1. The molecule has 4 rings (SSSR count). The lowest BCUT2D eigenvalue weighted by molar-refractivity contribution is -0.135. The first-order chi connectivity index (χ1) is 15.0. The van der Waals surface area contributed by atoms with Gasteiger partial charge in [-0.25, -0.2) is 9.78 Å². The number of pyridine rings is 1. The van der Waals surface area contributed by atoms with Crippen LogP contribution < -0.4 is 9.47 Å². The predicted octanol–water partition coefficient (Wildman–Crippen LogP) is 2.23. The lowest BCUT2D eigenvalue weighted by atomic mass is 10.1. The summed E-state index contributed by atoms with van der Waals surface area (Å²) in [6.07, 6.45) is 1.47. The first-order valence-corrected chi connectivity index (χ1v) is 10.2. The maximum atomic E-state index is 11.8. The normalized spacial score (nSPS) is 18.5. The van der Waals surface area contributed by atoms with Crippen molar-refractivity contribution in [3.63, 3.8) is 0 Å². The van der Waals surface area contributed by atoms with Gasteiger partial charge >= 0.3 is 5.97 Å². The van der Waals surface area contributed by atoms with E-state index in [4.69, 9.17) is 25.0 Å². The second kappa shape index (κ2) is 9.13. The van der Waals surface area contributed by atoms with Gasteiger partial charge in [0, 0.05) is 25.8 Å². The molecule has 2 aliphatic rings. The Kier molecular flexibility index (Phi) is 6.13. The fourth-order valence-electron chi connectivity index (χ4n) is 3.61. The van der Waals surface area contributed by atoms with E-state index in [0.717, 1.165) is 11.1 Å². The highest BCUT2D eigenvalue weighted by molar-refractivity contribution is 6.37. The number of amidine groups is 2. The number of esters is 1. The Balaban J connectivity index is 1.32. The predicted molar refractivity (Wildman–Crippen MR) is 114 cm³/mol. The van der Waals surface area contributed by atoms with E-state index in [2.05, 4.69) is 9.88 Å². The van der Waals surface area contributed by atoms with E-state index in [1.165, 1.54) is 4.90 Å². The molecule has 0 saturated carbocycles. The minimum absolute atomic E-state index is 0.206. The number of carbonyl (C=O) groups is 1. The third-order valence-corrected chi connectivity index (χ3v) is 5.22. The van der Waals surface area contributed by atoms with Crippen LogP contribution >= 0.6 is 0 Å². The number of hydrogen-bond donors (Lipinski definition) is 2. The zero-order valence-corrected chi connectivity index (χ0v) is 17.3. The van der Waals surface area contributed by atoms with Gasteiger partial charge in [-0.15, -0.1) is 0 Å². The number of fused-ring (bicyclic) bond motifs is 1. The van der Waals surface area contributed by atoms with E-state index in [-0.39, 0.29) is 24.4 Å². The zero-order valence-electron chi connectivity index (χ0n) is 17.3. The molecule has 0 amide bonds. The summed E-state index contributed by atoms with van der Waals surface area (Å²) in [5.74, 6) is 0.421. The van der Waals surface area contributed by atoms with E-state index in [1.807, 2.05) is 36.4 Å². The van der Waals surface area contributed by atoms with Crippen molar-refractivity contribution >= 4 is 17.6 Å². The standard InChI is InChI=1S/C22H25N5O4/c1-2-29-22(28)20(24)27-11-10-26(13-19(27)23)12-15-5-7-16(8-6-15)18-14-30-17-4-3-9-25-21(17)31-18/h3-9,18,23-24H,2,10-14H2,1H3. The van der Waals surface area contributed by atoms with Gasteiger partial charge in [-0.2, -0.15) is 0 Å². The molecular weight excluding hydrogens is 398 g/mol. The molecular formula is C22H25N5O4. The fourth-order valence-corrected chi connectivity index (χ4v) is 3.61. The molecule has 0 bridgehead atoms. The number of rotatable bonds is 4. The number of carbonyl (C=O) groups excluding carboxylic acids is 1. The molecule has 1 saturated heterocycles. The van der Waals surface area contributed by atoms with Gasteiger partial charge in [0.25, 0.3) is 5.88 Å². The Morgan fingerprint density at radius 2 is 2.06 bits per heavy atom. The van der Waals surface area contributed by atoms with E-state index >= 15 is 0 Å². The molecule has 162 valence electrons. The highest BCUT2D eigenvalue weighted by Crippen LogP contribution is 2.33.